The van der Waals surface area contributed by atoms with E-state index in [0.717, 1.165) is 13.1 Å². The highest BCUT2D eigenvalue weighted by Gasteiger charge is 2.28. The Kier molecular flexibility index (Phi) is 4.39. The van der Waals surface area contributed by atoms with Gasteiger partial charge in [-0.2, -0.15) is 0 Å². The number of nitrogens with zero attached hydrogens (tertiary/aromatic N) is 2. The van der Waals surface area contributed by atoms with Gasteiger partial charge in [-0.1, -0.05) is 30.7 Å². The van der Waals surface area contributed by atoms with E-state index < -0.39 is 0 Å². The van der Waals surface area contributed by atoms with Crippen molar-refractivity contribution in [2.24, 2.45) is 0 Å². The van der Waals surface area contributed by atoms with Crippen molar-refractivity contribution < 1.29 is 0 Å². The molecule has 1 atom stereocenters. The molecule has 0 bridgehead atoms. The van der Waals surface area contributed by atoms with Gasteiger partial charge in [0.25, 0.3) is 0 Å². The Balaban J connectivity index is 1.70. The molecule has 0 amide bonds. The zero-order chi connectivity index (χ0) is 13.9. The van der Waals surface area contributed by atoms with E-state index in [4.69, 9.17) is 0 Å². The van der Waals surface area contributed by atoms with Crippen LogP contribution in [-0.2, 0) is 6.54 Å². The molecule has 1 fully saturated rings. The fraction of sp³-hybridized carbons (Fsp3) is 0.647. The first-order valence-corrected chi connectivity index (χ1v) is 8.04. The van der Waals surface area contributed by atoms with E-state index in [1.807, 2.05) is 0 Å². The van der Waals surface area contributed by atoms with Crippen molar-refractivity contribution in [3.63, 3.8) is 0 Å². The standard InChI is InChI=1S/C17H27N3/c1-3-6-19-7-9-20(10-8-19)17-13-18-12-15-11-14(2)4-5-16(15)17/h4-5,11,17-18H,3,6-10,12-13H2,1-2H3/t17-/m1/s1. The summed E-state index contributed by atoms with van der Waals surface area (Å²) in [5, 5.41) is 3.60. The molecule has 0 aliphatic carbocycles. The fourth-order valence-corrected chi connectivity index (χ4v) is 3.61. The second-order valence-electron chi connectivity index (χ2n) is 6.23. The zero-order valence-corrected chi connectivity index (χ0v) is 12.9. The first kappa shape index (κ1) is 14.1. The predicted molar refractivity (Wildman–Crippen MR) is 83.9 cm³/mol. The molecule has 0 saturated carbocycles. The van der Waals surface area contributed by atoms with Crippen LogP contribution in [0.15, 0.2) is 18.2 Å². The molecule has 1 N–H and O–H groups in total. The minimum absolute atomic E-state index is 0.572. The van der Waals surface area contributed by atoms with E-state index in [2.05, 4.69) is 47.2 Å². The molecule has 110 valence electrons. The highest BCUT2D eigenvalue weighted by Crippen LogP contribution is 2.28. The van der Waals surface area contributed by atoms with Crippen molar-refractivity contribution in [2.75, 3.05) is 39.3 Å². The first-order valence-electron chi connectivity index (χ1n) is 8.04. The summed E-state index contributed by atoms with van der Waals surface area (Å²) in [5.74, 6) is 0. The van der Waals surface area contributed by atoms with Crippen molar-refractivity contribution in [3.05, 3.63) is 34.9 Å². The van der Waals surface area contributed by atoms with Gasteiger partial charge in [0.2, 0.25) is 0 Å². The summed E-state index contributed by atoms with van der Waals surface area (Å²) in [6.07, 6.45) is 1.27. The molecule has 0 unspecified atom stereocenters. The van der Waals surface area contributed by atoms with Crippen molar-refractivity contribution in [1.82, 2.24) is 15.1 Å². The van der Waals surface area contributed by atoms with E-state index in [0.29, 0.717) is 6.04 Å². The predicted octanol–water partition coefficient (Wildman–Crippen LogP) is 2.17. The number of rotatable bonds is 3. The van der Waals surface area contributed by atoms with E-state index in [1.54, 1.807) is 5.56 Å². The van der Waals surface area contributed by atoms with Gasteiger partial charge in [-0.05, 0) is 31.0 Å². The molecule has 3 rings (SSSR count). The third-order valence-corrected chi connectivity index (χ3v) is 4.70. The molecule has 2 aliphatic rings. The molecule has 0 spiro atoms. The Morgan fingerprint density at radius 2 is 2.00 bits per heavy atom. The van der Waals surface area contributed by atoms with Gasteiger partial charge < -0.3 is 10.2 Å². The molecular formula is C17H27N3. The number of piperazine rings is 1. The highest BCUT2D eigenvalue weighted by atomic mass is 15.3. The van der Waals surface area contributed by atoms with Gasteiger partial charge in [-0.15, -0.1) is 0 Å². The lowest BCUT2D eigenvalue weighted by Crippen LogP contribution is -2.50. The van der Waals surface area contributed by atoms with Crippen molar-refractivity contribution in [1.29, 1.82) is 0 Å². The molecule has 0 aromatic heterocycles. The van der Waals surface area contributed by atoms with Crippen LogP contribution in [0, 0.1) is 6.92 Å². The quantitative estimate of drug-likeness (QED) is 0.910. The second-order valence-corrected chi connectivity index (χ2v) is 6.23. The molecule has 1 aromatic carbocycles. The summed E-state index contributed by atoms with van der Waals surface area (Å²) in [4.78, 5) is 5.27. The van der Waals surface area contributed by atoms with Gasteiger partial charge in [0.15, 0.2) is 0 Å². The Morgan fingerprint density at radius 1 is 1.20 bits per heavy atom. The van der Waals surface area contributed by atoms with E-state index in [1.165, 1.54) is 50.3 Å². The number of fused-ring (bicyclic) bond motifs is 1. The van der Waals surface area contributed by atoms with Crippen LogP contribution in [-0.4, -0.2) is 49.1 Å². The van der Waals surface area contributed by atoms with Crippen molar-refractivity contribution in [3.8, 4) is 0 Å². The van der Waals surface area contributed by atoms with E-state index >= 15 is 0 Å². The topological polar surface area (TPSA) is 18.5 Å². The molecule has 3 heteroatoms. The van der Waals surface area contributed by atoms with Gasteiger partial charge in [0, 0.05) is 45.3 Å². The third kappa shape index (κ3) is 2.90. The molecule has 2 aliphatic heterocycles. The van der Waals surface area contributed by atoms with Crippen LogP contribution in [0.4, 0.5) is 0 Å². The molecule has 3 nitrogen and oxygen atoms in total. The first-order chi connectivity index (χ1) is 9.78. The lowest BCUT2D eigenvalue weighted by atomic mass is 9.93. The molecule has 1 aromatic rings. The average Bonchev–Trinajstić information content (AvgIpc) is 2.47. The maximum absolute atomic E-state index is 3.60. The monoisotopic (exact) mass is 273 g/mol. The van der Waals surface area contributed by atoms with Gasteiger partial charge in [-0.25, -0.2) is 0 Å². The molecule has 0 radical (unpaired) electrons. The smallest absolute Gasteiger partial charge is 0.0477 e. The lowest BCUT2D eigenvalue weighted by molar-refractivity contribution is 0.0918. The Labute approximate surface area is 123 Å². The minimum atomic E-state index is 0.572. The maximum Gasteiger partial charge on any atom is 0.0477 e. The summed E-state index contributed by atoms with van der Waals surface area (Å²) < 4.78 is 0. The number of benzene rings is 1. The Morgan fingerprint density at radius 3 is 2.75 bits per heavy atom. The average molecular weight is 273 g/mol. The molecule has 20 heavy (non-hydrogen) atoms. The van der Waals surface area contributed by atoms with Crippen LogP contribution >= 0.6 is 0 Å². The SMILES string of the molecule is CCCN1CCN([C@@H]2CNCc3cc(C)ccc32)CC1. The van der Waals surface area contributed by atoms with Crippen molar-refractivity contribution in [2.45, 2.75) is 32.9 Å². The molecule has 1 saturated heterocycles. The number of aryl methyl sites for hydroxylation is 1. The normalized spacial score (nSPS) is 24.6. The zero-order valence-electron chi connectivity index (χ0n) is 12.9. The van der Waals surface area contributed by atoms with E-state index in [9.17, 15) is 0 Å². The van der Waals surface area contributed by atoms with Crippen LogP contribution in [0.3, 0.4) is 0 Å². The fourth-order valence-electron chi connectivity index (χ4n) is 3.61. The van der Waals surface area contributed by atoms with Crippen LogP contribution < -0.4 is 5.32 Å². The number of hydrogen-bond acceptors (Lipinski definition) is 3. The Bertz CT molecular complexity index is 450. The highest BCUT2D eigenvalue weighted by molar-refractivity contribution is 5.35. The largest absolute Gasteiger partial charge is 0.311 e. The molecular weight excluding hydrogens is 246 g/mol. The van der Waals surface area contributed by atoms with Gasteiger partial charge in [-0.3, -0.25) is 4.90 Å². The lowest BCUT2D eigenvalue weighted by Gasteiger charge is -2.41. The second kappa shape index (κ2) is 6.25. The van der Waals surface area contributed by atoms with Crippen LogP contribution in [0.25, 0.3) is 0 Å². The van der Waals surface area contributed by atoms with Crippen molar-refractivity contribution >= 4 is 0 Å². The van der Waals surface area contributed by atoms with Crippen LogP contribution in [0.2, 0.25) is 0 Å². The summed E-state index contributed by atoms with van der Waals surface area (Å²) in [7, 11) is 0. The van der Waals surface area contributed by atoms with Crippen LogP contribution in [0.1, 0.15) is 36.1 Å². The van der Waals surface area contributed by atoms with Gasteiger partial charge in [0.1, 0.15) is 0 Å². The Hall–Kier alpha value is -0.900. The summed E-state index contributed by atoms with van der Waals surface area (Å²) >= 11 is 0. The van der Waals surface area contributed by atoms with Crippen LogP contribution in [0.5, 0.6) is 0 Å². The summed E-state index contributed by atoms with van der Waals surface area (Å²) in [6, 6.07) is 7.55. The number of nitrogens with one attached hydrogen (secondary N) is 1. The van der Waals surface area contributed by atoms with Gasteiger partial charge in [0.05, 0.1) is 0 Å². The third-order valence-electron chi connectivity index (χ3n) is 4.70. The maximum atomic E-state index is 3.60. The number of hydrogen-bond donors (Lipinski definition) is 1. The molecule has 2 heterocycles. The summed E-state index contributed by atoms with van der Waals surface area (Å²) in [5.41, 5.74) is 4.43. The van der Waals surface area contributed by atoms with Gasteiger partial charge >= 0.3 is 0 Å². The minimum Gasteiger partial charge on any atom is -0.311 e. The van der Waals surface area contributed by atoms with E-state index in [-0.39, 0.29) is 0 Å². The summed E-state index contributed by atoms with van der Waals surface area (Å²) in [6.45, 7) is 12.7.